The molecule has 2 saturated heterocycles. The van der Waals surface area contributed by atoms with E-state index in [0.717, 1.165) is 19.3 Å². The third-order valence-corrected chi connectivity index (χ3v) is 3.38. The molecule has 2 aliphatic rings. The van der Waals surface area contributed by atoms with Crippen LogP contribution in [0.25, 0.3) is 0 Å². The molecule has 2 heterocycles. The summed E-state index contributed by atoms with van der Waals surface area (Å²) in [6, 6.07) is -1.26. The summed E-state index contributed by atoms with van der Waals surface area (Å²) in [5.41, 5.74) is 0. The van der Waals surface area contributed by atoms with E-state index < -0.39 is 23.8 Å². The van der Waals surface area contributed by atoms with Crippen LogP contribution in [0.2, 0.25) is 0 Å². The largest absolute Gasteiger partial charge is 0.345 e. The third kappa shape index (κ3) is 3.46. The molecule has 0 unspecified atom stereocenters. The minimum absolute atomic E-state index is 0.130. The number of rotatable bonds is 3. The maximum atomic E-state index is 11.9. The fraction of sp³-hybridized carbons (Fsp3) is 0.667. The average molecular weight is 282 g/mol. The molecule has 110 valence electrons. The van der Waals surface area contributed by atoms with Crippen molar-refractivity contribution in [2.45, 2.75) is 25.3 Å². The number of carbonyl (C=O) groups is 4. The van der Waals surface area contributed by atoms with Crippen LogP contribution < -0.4 is 16.0 Å². The molecule has 2 aliphatic heterocycles. The molecule has 1 atom stereocenters. The van der Waals surface area contributed by atoms with Crippen molar-refractivity contribution in [3.63, 3.8) is 0 Å². The minimum Gasteiger partial charge on any atom is -0.345 e. The first-order chi connectivity index (χ1) is 9.58. The fourth-order valence-electron chi connectivity index (χ4n) is 2.25. The Morgan fingerprint density at radius 1 is 1.20 bits per heavy atom. The Morgan fingerprint density at radius 3 is 2.60 bits per heavy atom. The summed E-state index contributed by atoms with van der Waals surface area (Å²) in [7, 11) is 0. The van der Waals surface area contributed by atoms with Gasteiger partial charge in [0.2, 0.25) is 11.8 Å². The van der Waals surface area contributed by atoms with Gasteiger partial charge in [-0.1, -0.05) is 0 Å². The van der Waals surface area contributed by atoms with Gasteiger partial charge in [0, 0.05) is 13.1 Å². The van der Waals surface area contributed by atoms with Crippen molar-refractivity contribution in [2.24, 2.45) is 0 Å². The molecule has 0 spiro atoms. The van der Waals surface area contributed by atoms with Crippen LogP contribution in [0.4, 0.5) is 0 Å². The molecule has 2 fully saturated rings. The van der Waals surface area contributed by atoms with Crippen LogP contribution in [0, 0.1) is 0 Å². The molecular formula is C12H18N4O4. The first-order valence-electron chi connectivity index (χ1n) is 6.70. The maximum absolute atomic E-state index is 11.9. The normalized spacial score (nSPS) is 22.8. The summed E-state index contributed by atoms with van der Waals surface area (Å²) in [6.45, 7) is 1.12. The smallest absolute Gasteiger partial charge is 0.252 e. The molecule has 0 saturated carbocycles. The number of nitrogens with one attached hydrogen (secondary N) is 3. The van der Waals surface area contributed by atoms with Gasteiger partial charge in [-0.15, -0.1) is 0 Å². The highest BCUT2D eigenvalue weighted by atomic mass is 16.2. The second-order valence-corrected chi connectivity index (χ2v) is 4.88. The van der Waals surface area contributed by atoms with Crippen LogP contribution in [-0.4, -0.2) is 60.7 Å². The predicted octanol–water partition coefficient (Wildman–Crippen LogP) is -2.27. The molecule has 8 heteroatoms. The van der Waals surface area contributed by atoms with Crippen molar-refractivity contribution in [3.8, 4) is 0 Å². The van der Waals surface area contributed by atoms with E-state index in [9.17, 15) is 19.2 Å². The van der Waals surface area contributed by atoms with Gasteiger partial charge in [-0.05, 0) is 19.3 Å². The Labute approximate surface area is 116 Å². The van der Waals surface area contributed by atoms with Gasteiger partial charge in [-0.2, -0.15) is 0 Å². The lowest BCUT2D eigenvalue weighted by Crippen LogP contribution is -2.62. The summed E-state index contributed by atoms with van der Waals surface area (Å²) in [5, 5.41) is 6.98. The lowest BCUT2D eigenvalue weighted by atomic mass is 10.1. The van der Waals surface area contributed by atoms with Gasteiger partial charge in [0.15, 0.2) is 6.04 Å². The molecule has 4 amide bonds. The zero-order chi connectivity index (χ0) is 14.5. The Morgan fingerprint density at radius 2 is 1.90 bits per heavy atom. The standard InChI is InChI=1S/C12H18N4O4/c17-8-6-13-11(19)10(15-8)12(20)14-7-9(18)16-4-2-1-3-5-16/h10H,1-7H2,(H,13,19)(H,14,20)(H,15,17)/t10-/m0/s1. The monoisotopic (exact) mass is 282 g/mol. The van der Waals surface area contributed by atoms with Crippen molar-refractivity contribution in [2.75, 3.05) is 26.2 Å². The van der Waals surface area contributed by atoms with Crippen molar-refractivity contribution in [1.82, 2.24) is 20.9 Å². The van der Waals surface area contributed by atoms with E-state index in [4.69, 9.17) is 0 Å². The third-order valence-electron chi connectivity index (χ3n) is 3.38. The number of amides is 4. The second-order valence-electron chi connectivity index (χ2n) is 4.88. The molecule has 0 bridgehead atoms. The molecule has 20 heavy (non-hydrogen) atoms. The first-order valence-corrected chi connectivity index (χ1v) is 6.70. The molecule has 8 nitrogen and oxygen atoms in total. The topological polar surface area (TPSA) is 108 Å². The van der Waals surface area contributed by atoms with Crippen LogP contribution >= 0.6 is 0 Å². The van der Waals surface area contributed by atoms with Crippen LogP contribution in [0.15, 0.2) is 0 Å². The summed E-state index contributed by atoms with van der Waals surface area (Å²) < 4.78 is 0. The summed E-state index contributed by atoms with van der Waals surface area (Å²) in [6.07, 6.45) is 3.06. The van der Waals surface area contributed by atoms with E-state index in [-0.39, 0.29) is 19.0 Å². The lowest BCUT2D eigenvalue weighted by molar-refractivity contribution is -0.141. The van der Waals surface area contributed by atoms with Gasteiger partial charge in [0.25, 0.3) is 11.8 Å². The molecule has 2 rings (SSSR count). The van der Waals surface area contributed by atoms with E-state index in [0.29, 0.717) is 13.1 Å². The van der Waals surface area contributed by atoms with Gasteiger partial charge in [-0.3, -0.25) is 19.2 Å². The Bertz CT molecular complexity index is 431. The van der Waals surface area contributed by atoms with Gasteiger partial charge < -0.3 is 20.9 Å². The Hall–Kier alpha value is -2.12. The molecule has 0 aromatic rings. The Balaban J connectivity index is 1.80. The summed E-state index contributed by atoms with van der Waals surface area (Å²) in [5.74, 6) is -1.82. The molecule has 3 N–H and O–H groups in total. The number of piperidine rings is 1. The number of likely N-dealkylation sites (tertiary alicyclic amines) is 1. The quantitative estimate of drug-likeness (QED) is 0.507. The van der Waals surface area contributed by atoms with E-state index in [1.165, 1.54) is 0 Å². The van der Waals surface area contributed by atoms with Crippen molar-refractivity contribution in [1.29, 1.82) is 0 Å². The summed E-state index contributed by atoms with van der Waals surface area (Å²) >= 11 is 0. The van der Waals surface area contributed by atoms with Crippen molar-refractivity contribution >= 4 is 23.6 Å². The Kier molecular flexibility index (Phi) is 4.54. The fourth-order valence-corrected chi connectivity index (χ4v) is 2.25. The number of nitrogens with zero attached hydrogens (tertiary/aromatic N) is 1. The van der Waals surface area contributed by atoms with E-state index in [1.807, 2.05) is 0 Å². The highest BCUT2D eigenvalue weighted by Crippen LogP contribution is 2.08. The highest BCUT2D eigenvalue weighted by Gasteiger charge is 2.32. The van der Waals surface area contributed by atoms with Gasteiger partial charge in [0.05, 0.1) is 13.1 Å². The van der Waals surface area contributed by atoms with Crippen molar-refractivity contribution in [3.05, 3.63) is 0 Å². The van der Waals surface area contributed by atoms with E-state index in [2.05, 4.69) is 16.0 Å². The van der Waals surface area contributed by atoms with Gasteiger partial charge in [0.1, 0.15) is 0 Å². The lowest BCUT2D eigenvalue weighted by Gasteiger charge is -2.27. The number of piperazine rings is 1. The second kappa shape index (κ2) is 6.36. The first kappa shape index (κ1) is 14.3. The van der Waals surface area contributed by atoms with Crippen molar-refractivity contribution < 1.29 is 19.2 Å². The molecule has 0 aromatic heterocycles. The van der Waals surface area contributed by atoms with Crippen LogP contribution in [-0.2, 0) is 19.2 Å². The zero-order valence-electron chi connectivity index (χ0n) is 11.1. The highest BCUT2D eigenvalue weighted by molar-refractivity contribution is 6.10. The molecule has 0 radical (unpaired) electrons. The van der Waals surface area contributed by atoms with Crippen LogP contribution in [0.5, 0.6) is 0 Å². The maximum Gasteiger partial charge on any atom is 0.252 e. The molecular weight excluding hydrogens is 264 g/mol. The number of carbonyl (C=O) groups excluding carboxylic acids is 4. The summed E-state index contributed by atoms with van der Waals surface area (Å²) in [4.78, 5) is 47.9. The molecule has 0 aromatic carbocycles. The number of hydrogen-bond acceptors (Lipinski definition) is 4. The van der Waals surface area contributed by atoms with Crippen LogP contribution in [0.1, 0.15) is 19.3 Å². The number of hydrogen-bond donors (Lipinski definition) is 3. The zero-order valence-corrected chi connectivity index (χ0v) is 11.1. The van der Waals surface area contributed by atoms with Gasteiger partial charge >= 0.3 is 0 Å². The van der Waals surface area contributed by atoms with E-state index in [1.54, 1.807) is 4.90 Å². The average Bonchev–Trinajstić information content (AvgIpc) is 2.47. The van der Waals surface area contributed by atoms with E-state index >= 15 is 0 Å². The molecule has 0 aliphatic carbocycles. The minimum atomic E-state index is -1.26. The van der Waals surface area contributed by atoms with Gasteiger partial charge in [-0.25, -0.2) is 0 Å². The van der Waals surface area contributed by atoms with Crippen LogP contribution in [0.3, 0.4) is 0 Å². The SMILES string of the molecule is O=C1CNC(=O)[C@@H](C(=O)NCC(=O)N2CCCCC2)N1. The predicted molar refractivity (Wildman–Crippen MR) is 68.4 cm³/mol.